The Labute approximate surface area is 174 Å². The number of hydrogen-bond donors (Lipinski definition) is 2. The van der Waals surface area contributed by atoms with Crippen molar-refractivity contribution in [2.24, 2.45) is 0 Å². The van der Waals surface area contributed by atoms with Crippen LogP contribution in [0.25, 0.3) is 6.08 Å². The zero-order chi connectivity index (χ0) is 19.8. The van der Waals surface area contributed by atoms with Crippen molar-refractivity contribution in [3.05, 3.63) is 81.3 Å². The van der Waals surface area contributed by atoms with Crippen molar-refractivity contribution in [3.63, 3.8) is 0 Å². The molecule has 2 amide bonds. The van der Waals surface area contributed by atoms with E-state index in [9.17, 15) is 9.59 Å². The summed E-state index contributed by atoms with van der Waals surface area (Å²) in [5.41, 5.74) is 1.53. The molecular weight excluding hydrogens is 440 g/mol. The van der Waals surface area contributed by atoms with Crippen molar-refractivity contribution < 1.29 is 9.59 Å². The van der Waals surface area contributed by atoms with Crippen LogP contribution >= 0.6 is 27.3 Å². The van der Waals surface area contributed by atoms with Gasteiger partial charge in [-0.3, -0.25) is 14.9 Å². The summed E-state index contributed by atoms with van der Waals surface area (Å²) in [6.45, 7) is 0.432. The maximum atomic E-state index is 12.1. The van der Waals surface area contributed by atoms with E-state index in [-0.39, 0.29) is 11.8 Å². The number of amides is 2. The molecule has 0 spiro atoms. The summed E-state index contributed by atoms with van der Waals surface area (Å²) in [6.07, 6.45) is 3.72. The number of nitrogens with one attached hydrogen (secondary N) is 2. The first kappa shape index (κ1) is 19.9. The highest BCUT2D eigenvalue weighted by atomic mass is 79.9. The lowest BCUT2D eigenvalue weighted by Gasteiger charge is -2.04. The fraction of sp³-hybridized carbons (Fsp3) is 0.100. The van der Waals surface area contributed by atoms with E-state index in [0.29, 0.717) is 23.7 Å². The molecule has 0 aliphatic carbocycles. The molecule has 6 nitrogen and oxygen atoms in total. The van der Waals surface area contributed by atoms with Crippen LogP contribution in [0.5, 0.6) is 0 Å². The lowest BCUT2D eigenvalue weighted by atomic mass is 10.2. The largest absolute Gasteiger partial charge is 0.352 e. The second kappa shape index (κ2) is 9.91. The molecule has 8 heteroatoms. The van der Waals surface area contributed by atoms with Gasteiger partial charge in [-0.25, -0.2) is 0 Å². The molecule has 0 saturated heterocycles. The van der Waals surface area contributed by atoms with Crippen LogP contribution in [0, 0.1) is 0 Å². The van der Waals surface area contributed by atoms with E-state index in [1.54, 1.807) is 18.2 Å². The smallest absolute Gasteiger partial charge is 0.251 e. The number of aromatic nitrogens is 2. The monoisotopic (exact) mass is 456 g/mol. The quantitative estimate of drug-likeness (QED) is 0.527. The average Bonchev–Trinajstić information content (AvgIpc) is 3.14. The van der Waals surface area contributed by atoms with Crippen molar-refractivity contribution >= 4 is 50.3 Å². The summed E-state index contributed by atoms with van der Waals surface area (Å²) in [5.74, 6) is -0.417. The minimum absolute atomic E-state index is 0.148. The molecule has 0 aliphatic heterocycles. The Kier molecular flexibility index (Phi) is 7.05. The third-order valence-electron chi connectivity index (χ3n) is 3.63. The predicted molar refractivity (Wildman–Crippen MR) is 114 cm³/mol. The Hall–Kier alpha value is -2.84. The number of hydrogen-bond acceptors (Lipinski definition) is 5. The van der Waals surface area contributed by atoms with Crippen molar-refractivity contribution in [2.45, 2.75) is 6.42 Å². The molecule has 142 valence electrons. The third-order valence-corrected chi connectivity index (χ3v) is 5.03. The van der Waals surface area contributed by atoms with E-state index in [0.717, 1.165) is 15.0 Å². The summed E-state index contributed by atoms with van der Waals surface area (Å²) in [6, 6.07) is 16.7. The molecular formula is C20H17BrN4O2S. The van der Waals surface area contributed by atoms with Crippen LogP contribution < -0.4 is 10.6 Å². The second-order valence-electron chi connectivity index (χ2n) is 5.75. The number of nitrogens with zero attached hydrogens (tertiary/aromatic N) is 2. The van der Waals surface area contributed by atoms with Gasteiger partial charge in [0.1, 0.15) is 5.01 Å². The van der Waals surface area contributed by atoms with Gasteiger partial charge in [0.05, 0.1) is 0 Å². The summed E-state index contributed by atoms with van der Waals surface area (Å²) in [5, 5.41) is 14.7. The third kappa shape index (κ3) is 6.11. The fourth-order valence-corrected chi connectivity index (χ4v) is 3.44. The second-order valence-corrected chi connectivity index (χ2v) is 7.73. The molecule has 0 aliphatic rings. The van der Waals surface area contributed by atoms with E-state index < -0.39 is 0 Å². The summed E-state index contributed by atoms with van der Waals surface area (Å²) >= 11 is 4.63. The topological polar surface area (TPSA) is 84.0 Å². The van der Waals surface area contributed by atoms with Gasteiger partial charge >= 0.3 is 0 Å². The van der Waals surface area contributed by atoms with Crippen LogP contribution in [-0.2, 0) is 11.2 Å². The Morgan fingerprint density at radius 1 is 1.07 bits per heavy atom. The van der Waals surface area contributed by atoms with Crippen molar-refractivity contribution in [2.75, 3.05) is 11.9 Å². The Morgan fingerprint density at radius 3 is 2.68 bits per heavy atom. The number of halogens is 1. The molecule has 0 unspecified atom stereocenters. The van der Waals surface area contributed by atoms with Gasteiger partial charge in [-0.1, -0.05) is 63.7 Å². The van der Waals surface area contributed by atoms with Crippen molar-refractivity contribution in [1.82, 2.24) is 15.5 Å². The van der Waals surface area contributed by atoms with E-state index in [1.165, 1.54) is 17.4 Å². The van der Waals surface area contributed by atoms with E-state index in [2.05, 4.69) is 36.8 Å². The van der Waals surface area contributed by atoms with Gasteiger partial charge in [-0.15, -0.1) is 10.2 Å². The van der Waals surface area contributed by atoms with Crippen LogP contribution in [0.1, 0.15) is 20.9 Å². The van der Waals surface area contributed by atoms with Gasteiger partial charge in [0.15, 0.2) is 0 Å². The molecule has 0 fully saturated rings. The number of carbonyl (C=O) groups is 2. The molecule has 0 atom stereocenters. The first-order valence-corrected chi connectivity index (χ1v) is 10.1. The van der Waals surface area contributed by atoms with Crippen LogP contribution in [0.3, 0.4) is 0 Å². The molecule has 2 aromatic carbocycles. The summed E-state index contributed by atoms with van der Waals surface area (Å²) < 4.78 is 0.853. The van der Waals surface area contributed by atoms with Crippen LogP contribution in [-0.4, -0.2) is 28.6 Å². The minimum Gasteiger partial charge on any atom is -0.352 e. The van der Waals surface area contributed by atoms with Gasteiger partial charge in [-0.05, 0) is 29.8 Å². The Balaban J connectivity index is 1.45. The Bertz CT molecular complexity index is 989. The first-order valence-electron chi connectivity index (χ1n) is 8.50. The van der Waals surface area contributed by atoms with Gasteiger partial charge in [0, 0.05) is 29.1 Å². The summed E-state index contributed by atoms with van der Waals surface area (Å²) in [4.78, 5) is 24.1. The lowest BCUT2D eigenvalue weighted by molar-refractivity contribution is -0.111. The van der Waals surface area contributed by atoms with Crippen LogP contribution in [0.2, 0.25) is 0 Å². The molecule has 28 heavy (non-hydrogen) atoms. The minimum atomic E-state index is -0.269. The highest BCUT2D eigenvalue weighted by Gasteiger charge is 2.08. The van der Waals surface area contributed by atoms with Gasteiger partial charge in [-0.2, -0.15) is 0 Å². The van der Waals surface area contributed by atoms with Crippen molar-refractivity contribution in [1.29, 1.82) is 0 Å². The zero-order valence-electron chi connectivity index (χ0n) is 14.8. The molecule has 1 aromatic heterocycles. The van der Waals surface area contributed by atoms with Gasteiger partial charge in [0.2, 0.25) is 11.0 Å². The molecule has 0 bridgehead atoms. The van der Waals surface area contributed by atoms with Crippen molar-refractivity contribution in [3.8, 4) is 0 Å². The van der Waals surface area contributed by atoms with E-state index in [1.807, 2.05) is 42.5 Å². The molecule has 2 N–H and O–H groups in total. The average molecular weight is 457 g/mol. The molecule has 0 radical (unpaired) electrons. The maximum Gasteiger partial charge on any atom is 0.251 e. The molecule has 3 aromatic rings. The standard InChI is InChI=1S/C20H17BrN4O2S/c21-16-8-4-7-15(13-16)19(27)22-12-11-18-24-25-20(28-18)23-17(26)10-9-14-5-2-1-3-6-14/h1-10,13H,11-12H2,(H,22,27)(H,23,25,26)/b10-9+. The van der Waals surface area contributed by atoms with Crippen LogP contribution in [0.4, 0.5) is 5.13 Å². The zero-order valence-corrected chi connectivity index (χ0v) is 17.2. The number of rotatable bonds is 7. The SMILES string of the molecule is O=C(/C=C/c1ccccc1)Nc1nnc(CCNC(=O)c2cccc(Br)c2)s1. The van der Waals surface area contributed by atoms with Crippen LogP contribution in [0.15, 0.2) is 65.1 Å². The van der Waals surface area contributed by atoms with E-state index in [4.69, 9.17) is 0 Å². The van der Waals surface area contributed by atoms with E-state index >= 15 is 0 Å². The first-order chi connectivity index (χ1) is 13.6. The Morgan fingerprint density at radius 2 is 1.89 bits per heavy atom. The summed E-state index contributed by atoms with van der Waals surface area (Å²) in [7, 11) is 0. The van der Waals surface area contributed by atoms with Gasteiger partial charge < -0.3 is 5.32 Å². The highest BCUT2D eigenvalue weighted by Crippen LogP contribution is 2.16. The number of carbonyl (C=O) groups excluding carboxylic acids is 2. The maximum absolute atomic E-state index is 12.1. The number of anilines is 1. The molecule has 1 heterocycles. The molecule has 0 saturated carbocycles. The normalized spacial score (nSPS) is 10.8. The number of benzene rings is 2. The highest BCUT2D eigenvalue weighted by molar-refractivity contribution is 9.10. The lowest BCUT2D eigenvalue weighted by Crippen LogP contribution is -2.25. The molecule has 3 rings (SSSR count). The fourth-order valence-electron chi connectivity index (χ4n) is 2.30. The van der Waals surface area contributed by atoms with Gasteiger partial charge in [0.25, 0.3) is 5.91 Å². The predicted octanol–water partition coefficient (Wildman–Crippen LogP) is 3.93.